The fourth-order valence-electron chi connectivity index (χ4n) is 1.42. The summed E-state index contributed by atoms with van der Waals surface area (Å²) in [6.07, 6.45) is -1.10. The van der Waals surface area contributed by atoms with Crippen molar-refractivity contribution in [2.45, 2.75) is 37.6 Å². The molecule has 21 heavy (non-hydrogen) atoms. The highest BCUT2D eigenvalue weighted by molar-refractivity contribution is 5.92. The van der Waals surface area contributed by atoms with Crippen LogP contribution in [0.4, 0.5) is 0 Å². The SMILES string of the molecule is C[C@@H](O)[C@H](NC(=O)[C@@H](N)CCN)C(=O)N[C@H](CO)C(=O)O. The topological polar surface area (TPSA) is 188 Å². The number of nitrogens with one attached hydrogen (secondary N) is 2. The molecule has 0 unspecified atom stereocenters. The normalized spacial score (nSPS) is 16.4. The molecule has 2 amide bonds. The molecule has 0 heterocycles. The van der Waals surface area contributed by atoms with Crippen molar-refractivity contribution < 1.29 is 29.7 Å². The number of hydrogen-bond acceptors (Lipinski definition) is 7. The second-order valence-corrected chi connectivity index (χ2v) is 4.49. The van der Waals surface area contributed by atoms with Crippen LogP contribution in [-0.4, -0.2) is 70.5 Å². The van der Waals surface area contributed by atoms with Gasteiger partial charge in [-0.3, -0.25) is 9.59 Å². The number of aliphatic carboxylic acids is 1. The Hall–Kier alpha value is -1.75. The Morgan fingerprint density at radius 2 is 1.76 bits per heavy atom. The number of carboxylic acids is 1. The highest BCUT2D eigenvalue weighted by atomic mass is 16.4. The summed E-state index contributed by atoms with van der Waals surface area (Å²) in [4.78, 5) is 34.3. The second kappa shape index (κ2) is 9.23. The minimum Gasteiger partial charge on any atom is -0.480 e. The number of carboxylic acid groups (broad SMARTS) is 1. The number of rotatable bonds is 9. The fraction of sp³-hybridized carbons (Fsp3) is 0.727. The highest BCUT2D eigenvalue weighted by Gasteiger charge is 2.30. The predicted octanol–water partition coefficient (Wildman–Crippen LogP) is -3.91. The monoisotopic (exact) mass is 306 g/mol. The lowest BCUT2D eigenvalue weighted by Crippen LogP contribution is -2.58. The minimum absolute atomic E-state index is 0.172. The van der Waals surface area contributed by atoms with Gasteiger partial charge >= 0.3 is 5.97 Å². The van der Waals surface area contributed by atoms with E-state index in [0.29, 0.717) is 0 Å². The first kappa shape index (κ1) is 19.2. The van der Waals surface area contributed by atoms with Crippen LogP contribution in [0.15, 0.2) is 0 Å². The van der Waals surface area contributed by atoms with Crippen molar-refractivity contribution in [3.63, 3.8) is 0 Å². The second-order valence-electron chi connectivity index (χ2n) is 4.49. The van der Waals surface area contributed by atoms with Crippen LogP contribution in [0, 0.1) is 0 Å². The van der Waals surface area contributed by atoms with E-state index in [1.165, 1.54) is 6.92 Å². The lowest BCUT2D eigenvalue weighted by atomic mass is 10.1. The quantitative estimate of drug-likeness (QED) is 0.225. The molecular weight excluding hydrogens is 284 g/mol. The van der Waals surface area contributed by atoms with Crippen molar-refractivity contribution in [3.8, 4) is 0 Å². The number of nitrogens with two attached hydrogens (primary N) is 2. The third-order valence-corrected chi connectivity index (χ3v) is 2.67. The molecule has 0 saturated carbocycles. The molecule has 122 valence electrons. The summed E-state index contributed by atoms with van der Waals surface area (Å²) >= 11 is 0. The van der Waals surface area contributed by atoms with E-state index in [1.54, 1.807) is 0 Å². The lowest BCUT2D eigenvalue weighted by Gasteiger charge is -2.24. The third kappa shape index (κ3) is 6.49. The smallest absolute Gasteiger partial charge is 0.328 e. The van der Waals surface area contributed by atoms with Gasteiger partial charge in [-0.1, -0.05) is 0 Å². The summed E-state index contributed by atoms with van der Waals surface area (Å²) in [5.41, 5.74) is 10.8. The molecule has 0 bridgehead atoms. The Bertz CT molecular complexity index is 376. The number of hydrogen-bond donors (Lipinski definition) is 7. The van der Waals surface area contributed by atoms with Crippen molar-refractivity contribution in [3.05, 3.63) is 0 Å². The summed E-state index contributed by atoms with van der Waals surface area (Å²) in [5, 5.41) is 31.3. The van der Waals surface area contributed by atoms with Crippen LogP contribution in [0.25, 0.3) is 0 Å². The zero-order chi connectivity index (χ0) is 16.6. The Balaban J connectivity index is 4.78. The minimum atomic E-state index is -1.53. The van der Waals surface area contributed by atoms with E-state index in [1.807, 2.05) is 5.32 Å². The number of aliphatic hydroxyl groups is 2. The molecular formula is C11H22N4O6. The van der Waals surface area contributed by atoms with Gasteiger partial charge in [0.05, 0.1) is 18.8 Å². The number of carbonyl (C=O) groups excluding carboxylic acids is 2. The molecule has 0 spiro atoms. The molecule has 0 fully saturated rings. The molecule has 9 N–H and O–H groups in total. The van der Waals surface area contributed by atoms with Gasteiger partial charge in [-0.05, 0) is 19.9 Å². The molecule has 0 rings (SSSR count). The maximum atomic E-state index is 11.8. The summed E-state index contributed by atoms with van der Waals surface area (Å²) < 4.78 is 0. The summed E-state index contributed by atoms with van der Waals surface area (Å²) in [7, 11) is 0. The van der Waals surface area contributed by atoms with Crippen LogP contribution >= 0.6 is 0 Å². The van der Waals surface area contributed by atoms with E-state index in [-0.39, 0.29) is 13.0 Å². The number of carbonyl (C=O) groups is 3. The van der Waals surface area contributed by atoms with Crippen molar-refractivity contribution in [2.75, 3.05) is 13.2 Å². The zero-order valence-electron chi connectivity index (χ0n) is 11.7. The van der Waals surface area contributed by atoms with Gasteiger partial charge < -0.3 is 37.4 Å². The number of amides is 2. The first-order valence-corrected chi connectivity index (χ1v) is 6.32. The van der Waals surface area contributed by atoms with Gasteiger partial charge in [0, 0.05) is 0 Å². The van der Waals surface area contributed by atoms with E-state index in [4.69, 9.17) is 21.7 Å². The average Bonchev–Trinajstić information content (AvgIpc) is 2.40. The molecule has 0 aliphatic rings. The van der Waals surface area contributed by atoms with Crippen molar-refractivity contribution >= 4 is 17.8 Å². The summed E-state index contributed by atoms with van der Waals surface area (Å²) in [6.45, 7) is 0.591. The zero-order valence-corrected chi connectivity index (χ0v) is 11.7. The molecule has 0 radical (unpaired) electrons. The van der Waals surface area contributed by atoms with E-state index in [9.17, 15) is 19.5 Å². The molecule has 0 aliphatic heterocycles. The van der Waals surface area contributed by atoms with Crippen LogP contribution < -0.4 is 22.1 Å². The Labute approximate surface area is 121 Å². The molecule has 0 aliphatic carbocycles. The van der Waals surface area contributed by atoms with Gasteiger partial charge in [-0.2, -0.15) is 0 Å². The first-order valence-electron chi connectivity index (χ1n) is 6.32. The van der Waals surface area contributed by atoms with Crippen molar-refractivity contribution in [2.24, 2.45) is 11.5 Å². The molecule has 0 aromatic carbocycles. The van der Waals surface area contributed by atoms with E-state index in [0.717, 1.165) is 0 Å². The van der Waals surface area contributed by atoms with Gasteiger partial charge in [0.25, 0.3) is 0 Å². The highest BCUT2D eigenvalue weighted by Crippen LogP contribution is 1.97. The van der Waals surface area contributed by atoms with Crippen molar-refractivity contribution in [1.82, 2.24) is 10.6 Å². The molecule has 0 aromatic heterocycles. The Kier molecular flexibility index (Phi) is 8.47. The van der Waals surface area contributed by atoms with Crippen LogP contribution in [0.1, 0.15) is 13.3 Å². The Morgan fingerprint density at radius 1 is 1.19 bits per heavy atom. The molecule has 4 atom stereocenters. The summed E-state index contributed by atoms with van der Waals surface area (Å²) in [6, 6.07) is -3.87. The summed E-state index contributed by atoms with van der Waals surface area (Å²) in [5.74, 6) is -3.08. The molecule has 0 aromatic rings. The number of aliphatic hydroxyl groups excluding tert-OH is 2. The van der Waals surface area contributed by atoms with Gasteiger partial charge in [0.15, 0.2) is 0 Å². The fourth-order valence-corrected chi connectivity index (χ4v) is 1.42. The predicted molar refractivity (Wildman–Crippen MR) is 71.9 cm³/mol. The van der Waals surface area contributed by atoms with Crippen LogP contribution in [0.5, 0.6) is 0 Å². The van der Waals surface area contributed by atoms with E-state index >= 15 is 0 Å². The maximum absolute atomic E-state index is 11.8. The van der Waals surface area contributed by atoms with Gasteiger partial charge in [-0.15, -0.1) is 0 Å². The van der Waals surface area contributed by atoms with Crippen LogP contribution in [-0.2, 0) is 14.4 Å². The third-order valence-electron chi connectivity index (χ3n) is 2.67. The largest absolute Gasteiger partial charge is 0.480 e. The van der Waals surface area contributed by atoms with Crippen LogP contribution in [0.2, 0.25) is 0 Å². The molecule has 0 saturated heterocycles. The molecule has 10 heteroatoms. The Morgan fingerprint density at radius 3 is 2.14 bits per heavy atom. The van der Waals surface area contributed by atoms with Crippen molar-refractivity contribution in [1.29, 1.82) is 0 Å². The van der Waals surface area contributed by atoms with Gasteiger partial charge in [0.1, 0.15) is 12.1 Å². The molecule has 10 nitrogen and oxygen atoms in total. The standard InChI is InChI=1S/C11H22N4O6/c1-5(17)8(15-9(18)6(13)2-3-12)10(19)14-7(4-16)11(20)21/h5-8,16-17H,2-4,12-13H2,1H3,(H,14,19)(H,15,18)(H,20,21)/t5-,6+,7-,8+/m1/s1. The van der Waals surface area contributed by atoms with Crippen LogP contribution in [0.3, 0.4) is 0 Å². The van der Waals surface area contributed by atoms with Gasteiger partial charge in [-0.25, -0.2) is 4.79 Å². The van der Waals surface area contributed by atoms with E-state index in [2.05, 4.69) is 5.32 Å². The maximum Gasteiger partial charge on any atom is 0.328 e. The average molecular weight is 306 g/mol. The van der Waals surface area contributed by atoms with Gasteiger partial charge in [0.2, 0.25) is 11.8 Å². The first-order chi connectivity index (χ1) is 9.74. The lowest BCUT2D eigenvalue weighted by molar-refractivity contribution is -0.144. The van der Waals surface area contributed by atoms with E-state index < -0.39 is 48.6 Å².